The molecule has 66 valence electrons. The molecule has 0 aromatic heterocycles. The summed E-state index contributed by atoms with van der Waals surface area (Å²) in [6.07, 6.45) is 0. The number of nitrogens with one attached hydrogen (secondary N) is 1. The Balaban J connectivity index is 3.37. The van der Waals surface area contributed by atoms with Crippen molar-refractivity contribution in [3.8, 4) is 0 Å². The molecular weight excluding hydrogens is 142 g/mol. The summed E-state index contributed by atoms with van der Waals surface area (Å²) in [5, 5.41) is 2.96. The Morgan fingerprint density at radius 2 is 2.36 bits per heavy atom. The first kappa shape index (κ1) is 10.2. The third kappa shape index (κ3) is 5.66. The Bertz CT molecular complexity index is 125. The molecule has 1 unspecified atom stereocenters. The molecule has 0 aliphatic carbocycles. The molecule has 0 rings (SSSR count). The van der Waals surface area contributed by atoms with Crippen molar-refractivity contribution < 1.29 is 4.74 Å². The summed E-state index contributed by atoms with van der Waals surface area (Å²) >= 11 is 0. The number of nitrogens with zero attached hydrogens (tertiary/aromatic N) is 1. The third-order valence-corrected chi connectivity index (χ3v) is 1.32. The zero-order valence-corrected chi connectivity index (χ0v) is 7.42. The normalized spacial score (nSPS) is 14.6. The molecule has 4 heteroatoms. The van der Waals surface area contributed by atoms with Crippen LogP contribution in [0.3, 0.4) is 0 Å². The Hall–Kier alpha value is -0.770. The summed E-state index contributed by atoms with van der Waals surface area (Å²) in [6, 6.07) is 0. The highest BCUT2D eigenvalue weighted by Crippen LogP contribution is 1.90. The van der Waals surface area contributed by atoms with E-state index in [-0.39, 0.29) is 0 Å². The molecule has 0 aromatic carbocycles. The maximum absolute atomic E-state index is 5.42. The molecule has 3 N–H and O–H groups in total. The summed E-state index contributed by atoms with van der Waals surface area (Å²) < 4.78 is 4.95. The number of methoxy groups -OCH3 is 1. The molecule has 0 radical (unpaired) electrons. The molecule has 1 atom stereocenters. The average Bonchev–Trinajstić information content (AvgIpc) is 2.01. The van der Waals surface area contributed by atoms with E-state index in [1.807, 2.05) is 0 Å². The fourth-order valence-electron chi connectivity index (χ4n) is 0.701. The first-order valence-electron chi connectivity index (χ1n) is 3.65. The van der Waals surface area contributed by atoms with E-state index < -0.39 is 0 Å². The predicted octanol–water partition coefficient (Wildman–Crippen LogP) is -0.197. The smallest absolute Gasteiger partial charge is 0.188 e. The zero-order chi connectivity index (χ0) is 8.69. The molecule has 0 amide bonds. The highest BCUT2D eigenvalue weighted by molar-refractivity contribution is 5.77. The van der Waals surface area contributed by atoms with Crippen LogP contribution in [-0.2, 0) is 4.74 Å². The number of rotatable bonds is 4. The van der Waals surface area contributed by atoms with Crippen LogP contribution in [0.1, 0.15) is 6.92 Å². The SMILES string of the molecule is CN=C(N)NCC(C)COC. The van der Waals surface area contributed by atoms with Crippen LogP contribution >= 0.6 is 0 Å². The van der Waals surface area contributed by atoms with Gasteiger partial charge in [0.25, 0.3) is 0 Å². The van der Waals surface area contributed by atoms with Gasteiger partial charge in [0.2, 0.25) is 0 Å². The van der Waals surface area contributed by atoms with Crippen LogP contribution in [0.25, 0.3) is 0 Å². The van der Waals surface area contributed by atoms with Crippen molar-refractivity contribution in [2.24, 2.45) is 16.6 Å². The molecule has 0 heterocycles. The van der Waals surface area contributed by atoms with E-state index in [9.17, 15) is 0 Å². The molecule has 11 heavy (non-hydrogen) atoms. The van der Waals surface area contributed by atoms with E-state index in [2.05, 4.69) is 17.2 Å². The minimum atomic E-state index is 0.459. The predicted molar refractivity (Wildman–Crippen MR) is 46.6 cm³/mol. The van der Waals surface area contributed by atoms with Crippen molar-refractivity contribution >= 4 is 5.96 Å². The number of aliphatic imine (C=N–C) groups is 1. The van der Waals surface area contributed by atoms with Crippen LogP contribution in [-0.4, -0.2) is 33.3 Å². The molecule has 4 nitrogen and oxygen atoms in total. The van der Waals surface area contributed by atoms with Crippen molar-refractivity contribution in [1.82, 2.24) is 5.32 Å². The number of guanidine groups is 1. The zero-order valence-electron chi connectivity index (χ0n) is 7.42. The van der Waals surface area contributed by atoms with E-state index in [0.29, 0.717) is 11.9 Å². The number of hydrogen-bond donors (Lipinski definition) is 2. The molecule has 0 aliphatic rings. The summed E-state index contributed by atoms with van der Waals surface area (Å²) in [5.41, 5.74) is 5.42. The van der Waals surface area contributed by atoms with Crippen molar-refractivity contribution in [3.05, 3.63) is 0 Å². The second-order valence-electron chi connectivity index (χ2n) is 2.55. The lowest BCUT2D eigenvalue weighted by molar-refractivity contribution is 0.161. The van der Waals surface area contributed by atoms with Crippen LogP contribution < -0.4 is 11.1 Å². The number of nitrogens with two attached hydrogens (primary N) is 1. The van der Waals surface area contributed by atoms with E-state index in [4.69, 9.17) is 10.5 Å². The van der Waals surface area contributed by atoms with Crippen molar-refractivity contribution in [2.45, 2.75) is 6.92 Å². The first-order chi connectivity index (χ1) is 5.20. The molecular formula is C7H17N3O. The Kier molecular flexibility index (Phi) is 5.56. The highest BCUT2D eigenvalue weighted by atomic mass is 16.5. The fourth-order valence-corrected chi connectivity index (χ4v) is 0.701. The van der Waals surface area contributed by atoms with Gasteiger partial charge in [0.15, 0.2) is 5.96 Å². The van der Waals surface area contributed by atoms with E-state index in [1.165, 1.54) is 0 Å². The summed E-state index contributed by atoms with van der Waals surface area (Å²) in [6.45, 7) is 3.63. The Morgan fingerprint density at radius 3 is 2.82 bits per heavy atom. The van der Waals surface area contributed by atoms with Gasteiger partial charge in [-0.3, -0.25) is 4.99 Å². The van der Waals surface area contributed by atoms with Crippen molar-refractivity contribution in [3.63, 3.8) is 0 Å². The summed E-state index contributed by atoms with van der Waals surface area (Å²) in [4.78, 5) is 3.76. The molecule has 0 spiro atoms. The van der Waals surface area contributed by atoms with Gasteiger partial charge in [-0.05, 0) is 5.92 Å². The lowest BCUT2D eigenvalue weighted by Gasteiger charge is -2.10. The second kappa shape index (κ2) is 5.97. The largest absolute Gasteiger partial charge is 0.384 e. The van der Waals surface area contributed by atoms with Gasteiger partial charge in [0.05, 0.1) is 6.61 Å². The van der Waals surface area contributed by atoms with E-state index >= 15 is 0 Å². The Labute approximate surface area is 67.8 Å². The quantitative estimate of drug-likeness (QED) is 0.441. The van der Waals surface area contributed by atoms with Gasteiger partial charge < -0.3 is 15.8 Å². The van der Waals surface area contributed by atoms with Gasteiger partial charge >= 0.3 is 0 Å². The molecule has 0 saturated carbocycles. The van der Waals surface area contributed by atoms with Gasteiger partial charge in [-0.15, -0.1) is 0 Å². The fraction of sp³-hybridized carbons (Fsp3) is 0.857. The summed E-state index contributed by atoms with van der Waals surface area (Å²) in [7, 11) is 3.34. The van der Waals surface area contributed by atoms with Crippen LogP contribution in [0.2, 0.25) is 0 Å². The second-order valence-corrected chi connectivity index (χ2v) is 2.55. The van der Waals surface area contributed by atoms with Gasteiger partial charge in [0, 0.05) is 20.7 Å². The van der Waals surface area contributed by atoms with Crippen molar-refractivity contribution in [1.29, 1.82) is 0 Å². The standard InChI is InChI=1S/C7H17N3O/c1-6(5-11-3)4-10-7(8)9-2/h6H,4-5H2,1-3H3,(H3,8,9,10). The Morgan fingerprint density at radius 1 is 1.73 bits per heavy atom. The monoisotopic (exact) mass is 159 g/mol. The minimum absolute atomic E-state index is 0.459. The van der Waals surface area contributed by atoms with Crippen LogP contribution in [0.15, 0.2) is 4.99 Å². The van der Waals surface area contributed by atoms with Crippen LogP contribution in [0.4, 0.5) is 0 Å². The van der Waals surface area contributed by atoms with Gasteiger partial charge in [0.1, 0.15) is 0 Å². The topological polar surface area (TPSA) is 59.6 Å². The molecule has 0 fully saturated rings. The van der Waals surface area contributed by atoms with Gasteiger partial charge in [-0.1, -0.05) is 6.92 Å². The van der Waals surface area contributed by atoms with Crippen LogP contribution in [0.5, 0.6) is 0 Å². The first-order valence-corrected chi connectivity index (χ1v) is 3.65. The van der Waals surface area contributed by atoms with Crippen molar-refractivity contribution in [2.75, 3.05) is 27.3 Å². The van der Waals surface area contributed by atoms with E-state index in [1.54, 1.807) is 14.2 Å². The lowest BCUT2D eigenvalue weighted by atomic mass is 10.2. The molecule has 0 bridgehead atoms. The lowest BCUT2D eigenvalue weighted by Crippen LogP contribution is -2.35. The maximum Gasteiger partial charge on any atom is 0.188 e. The average molecular weight is 159 g/mol. The third-order valence-electron chi connectivity index (χ3n) is 1.32. The van der Waals surface area contributed by atoms with Gasteiger partial charge in [-0.25, -0.2) is 0 Å². The molecule has 0 aliphatic heterocycles. The van der Waals surface area contributed by atoms with Gasteiger partial charge in [-0.2, -0.15) is 0 Å². The summed E-state index contributed by atoms with van der Waals surface area (Å²) in [5.74, 6) is 0.938. The van der Waals surface area contributed by atoms with E-state index in [0.717, 1.165) is 13.2 Å². The highest BCUT2D eigenvalue weighted by Gasteiger charge is 1.99. The maximum atomic E-state index is 5.42. The van der Waals surface area contributed by atoms with Crippen LogP contribution in [0, 0.1) is 5.92 Å². The molecule has 0 saturated heterocycles. The minimum Gasteiger partial charge on any atom is -0.384 e. The number of hydrogen-bond acceptors (Lipinski definition) is 2. The number of ether oxygens (including phenoxy) is 1. The molecule has 0 aromatic rings.